The van der Waals surface area contributed by atoms with E-state index in [1.807, 2.05) is 6.07 Å². The minimum absolute atomic E-state index is 0.257. The van der Waals surface area contributed by atoms with Gasteiger partial charge in [0.2, 0.25) is 0 Å². The molecule has 0 saturated carbocycles. The third-order valence-corrected chi connectivity index (χ3v) is 11.6. The van der Waals surface area contributed by atoms with Gasteiger partial charge >= 0.3 is 0 Å². The van der Waals surface area contributed by atoms with E-state index in [1.54, 1.807) is 0 Å². The molecule has 1 atom stereocenters. The van der Waals surface area contributed by atoms with Crippen LogP contribution in [-0.2, 0) is 5.41 Å². The second-order valence-corrected chi connectivity index (χ2v) is 14.4. The average molecular weight is 631 g/mol. The maximum Gasteiger partial charge on any atom is 0.145 e. The second-order valence-electron chi connectivity index (χ2n) is 14.4. The molecule has 4 nitrogen and oxygen atoms in total. The Kier molecular flexibility index (Phi) is 4.63. The van der Waals surface area contributed by atoms with Crippen molar-refractivity contribution in [1.82, 2.24) is 4.57 Å². The van der Waals surface area contributed by atoms with E-state index in [1.165, 1.54) is 55.4 Å². The minimum atomic E-state index is -0.259. The Labute approximate surface area is 281 Å². The number of para-hydroxylation sites is 3. The van der Waals surface area contributed by atoms with Crippen molar-refractivity contribution in [1.29, 1.82) is 0 Å². The molecule has 3 aliphatic rings. The van der Waals surface area contributed by atoms with Gasteiger partial charge in [0.1, 0.15) is 22.3 Å². The minimum Gasteiger partial charge on any atom is -0.456 e. The van der Waals surface area contributed by atoms with Gasteiger partial charge in [-0.25, -0.2) is 0 Å². The van der Waals surface area contributed by atoms with Crippen molar-refractivity contribution < 1.29 is 8.83 Å². The largest absolute Gasteiger partial charge is 0.456 e. The molecule has 232 valence electrons. The highest BCUT2D eigenvalue weighted by molar-refractivity contribution is 6.24. The Morgan fingerprint density at radius 2 is 1.39 bits per heavy atom. The number of aromatic nitrogens is 1. The van der Waals surface area contributed by atoms with Gasteiger partial charge in [-0.05, 0) is 78.2 Å². The number of hydrogen-bond donors (Lipinski definition) is 0. The van der Waals surface area contributed by atoms with Crippen molar-refractivity contribution in [2.75, 3.05) is 4.90 Å². The fraction of sp³-hybridized carbons (Fsp3) is 0.111. The molecule has 0 amide bonds. The van der Waals surface area contributed by atoms with Gasteiger partial charge in [-0.1, -0.05) is 80.6 Å². The van der Waals surface area contributed by atoms with Crippen molar-refractivity contribution in [2.24, 2.45) is 0 Å². The molecule has 4 heteroatoms. The molecule has 0 spiro atoms. The molecule has 0 radical (unpaired) electrons. The van der Waals surface area contributed by atoms with Crippen LogP contribution in [0.15, 0.2) is 142 Å². The fourth-order valence-electron chi connectivity index (χ4n) is 9.43. The van der Waals surface area contributed by atoms with Crippen LogP contribution in [0.3, 0.4) is 0 Å². The summed E-state index contributed by atoms with van der Waals surface area (Å²) in [5.41, 5.74) is 15.0. The van der Waals surface area contributed by atoms with Gasteiger partial charge in [-0.2, -0.15) is 0 Å². The van der Waals surface area contributed by atoms with E-state index in [-0.39, 0.29) is 11.3 Å². The lowest BCUT2D eigenvalue weighted by Crippen LogP contribution is -2.31. The third-order valence-electron chi connectivity index (χ3n) is 11.6. The van der Waals surface area contributed by atoms with Crippen molar-refractivity contribution in [3.63, 3.8) is 0 Å². The molecule has 0 N–H and O–H groups in total. The van der Waals surface area contributed by atoms with E-state index >= 15 is 0 Å². The number of anilines is 2. The molecule has 1 unspecified atom stereocenters. The van der Waals surface area contributed by atoms with E-state index in [0.29, 0.717) is 0 Å². The highest BCUT2D eigenvalue weighted by atomic mass is 16.3. The molecule has 6 aromatic carbocycles. The molecule has 5 heterocycles. The van der Waals surface area contributed by atoms with E-state index in [9.17, 15) is 0 Å². The Bertz CT molecular complexity index is 3020. The molecule has 1 aliphatic carbocycles. The van der Waals surface area contributed by atoms with E-state index in [2.05, 4.69) is 145 Å². The van der Waals surface area contributed by atoms with Crippen molar-refractivity contribution in [3.8, 4) is 5.69 Å². The van der Waals surface area contributed by atoms with Gasteiger partial charge in [0.15, 0.2) is 0 Å². The zero-order chi connectivity index (χ0) is 32.2. The summed E-state index contributed by atoms with van der Waals surface area (Å²) in [6.07, 6.45) is 7.80. The number of furan rings is 2. The van der Waals surface area contributed by atoms with Crippen LogP contribution in [0.25, 0.3) is 71.4 Å². The molecular formula is C45H30N2O2. The lowest BCUT2D eigenvalue weighted by atomic mass is 9.72. The maximum atomic E-state index is 6.68. The summed E-state index contributed by atoms with van der Waals surface area (Å²) in [5.74, 6) is 0.257. The lowest BCUT2D eigenvalue weighted by Gasteiger charge is -2.41. The first-order valence-corrected chi connectivity index (χ1v) is 17.2. The van der Waals surface area contributed by atoms with Gasteiger partial charge < -0.3 is 18.3 Å². The SMILES string of the molecule is CC1(C)c2cc(-n3c4ccccc4c4c5oc6ccccc6c5ccc43)ccc2N2C3=CC=CCC3c3c2c1cc1c3oc2ccccc21. The molecule has 49 heavy (non-hydrogen) atoms. The van der Waals surface area contributed by atoms with Crippen LogP contribution >= 0.6 is 0 Å². The van der Waals surface area contributed by atoms with Crippen LogP contribution < -0.4 is 4.90 Å². The molecule has 12 rings (SSSR count). The van der Waals surface area contributed by atoms with Crippen molar-refractivity contribution >= 4 is 77.1 Å². The number of fused-ring (bicyclic) bond motifs is 16. The smallest absolute Gasteiger partial charge is 0.145 e. The first kappa shape index (κ1) is 26.0. The number of hydrogen-bond acceptors (Lipinski definition) is 3. The van der Waals surface area contributed by atoms with Crippen LogP contribution in [0.4, 0.5) is 11.4 Å². The van der Waals surface area contributed by atoms with Gasteiger partial charge in [0.05, 0.1) is 27.8 Å². The summed E-state index contributed by atoms with van der Waals surface area (Å²) in [6, 6.07) is 39.6. The molecular weight excluding hydrogens is 601 g/mol. The molecule has 3 aromatic heterocycles. The number of allylic oxidation sites excluding steroid dienone is 4. The van der Waals surface area contributed by atoms with Gasteiger partial charge in [0, 0.05) is 55.2 Å². The van der Waals surface area contributed by atoms with Gasteiger partial charge in [-0.3, -0.25) is 0 Å². The predicted octanol–water partition coefficient (Wildman–Crippen LogP) is 12.3. The Hall–Kier alpha value is -6.00. The topological polar surface area (TPSA) is 34.5 Å². The zero-order valence-electron chi connectivity index (χ0n) is 27.1. The normalized spacial score (nSPS) is 17.5. The van der Waals surface area contributed by atoms with E-state index < -0.39 is 0 Å². The fourth-order valence-corrected chi connectivity index (χ4v) is 9.43. The summed E-state index contributed by atoms with van der Waals surface area (Å²) >= 11 is 0. The van der Waals surface area contributed by atoms with Gasteiger partial charge in [-0.15, -0.1) is 0 Å². The average Bonchev–Trinajstić information content (AvgIpc) is 3.88. The van der Waals surface area contributed by atoms with Crippen LogP contribution in [0.2, 0.25) is 0 Å². The quantitative estimate of drug-likeness (QED) is 0.181. The molecule has 0 bridgehead atoms. The Balaban J connectivity index is 1.15. The zero-order valence-corrected chi connectivity index (χ0v) is 27.1. The molecule has 9 aromatic rings. The van der Waals surface area contributed by atoms with E-state index in [4.69, 9.17) is 8.83 Å². The standard InChI is InChI=1S/C45H30N2O2/c1-45(2)32-23-25(46-34-15-7-3-13-29(34)40-37(46)22-20-28-26-11-5-9-17-38(26)48-43(28)40)19-21-36(32)47-35-16-8-4-14-30(35)41-42(47)33(45)24-31-27-12-6-10-18-39(27)49-44(31)41/h3-13,15-24,30H,14H2,1-2H3. The summed E-state index contributed by atoms with van der Waals surface area (Å²) in [4.78, 5) is 2.54. The summed E-state index contributed by atoms with van der Waals surface area (Å²) < 4.78 is 15.7. The number of rotatable bonds is 1. The maximum absolute atomic E-state index is 6.68. The molecule has 2 aliphatic heterocycles. The highest BCUT2D eigenvalue weighted by Crippen LogP contribution is 2.62. The molecule has 0 saturated heterocycles. The summed E-state index contributed by atoms with van der Waals surface area (Å²) in [7, 11) is 0. The van der Waals surface area contributed by atoms with Crippen LogP contribution in [0, 0.1) is 0 Å². The number of benzene rings is 6. The van der Waals surface area contributed by atoms with Crippen LogP contribution in [0.1, 0.15) is 42.9 Å². The lowest BCUT2D eigenvalue weighted by molar-refractivity contribution is 0.630. The van der Waals surface area contributed by atoms with Crippen LogP contribution in [0.5, 0.6) is 0 Å². The predicted molar refractivity (Wildman–Crippen MR) is 201 cm³/mol. The van der Waals surface area contributed by atoms with Gasteiger partial charge in [0.25, 0.3) is 0 Å². The Morgan fingerprint density at radius 3 is 2.22 bits per heavy atom. The van der Waals surface area contributed by atoms with Crippen LogP contribution in [-0.4, -0.2) is 4.57 Å². The summed E-state index contributed by atoms with van der Waals surface area (Å²) in [5, 5.41) is 7.06. The first-order chi connectivity index (χ1) is 24.1. The Morgan fingerprint density at radius 1 is 0.653 bits per heavy atom. The highest BCUT2D eigenvalue weighted by Gasteiger charge is 2.47. The van der Waals surface area contributed by atoms with Crippen molar-refractivity contribution in [3.05, 3.63) is 150 Å². The summed E-state index contributed by atoms with van der Waals surface area (Å²) in [6.45, 7) is 4.80. The second kappa shape index (κ2) is 8.72. The van der Waals surface area contributed by atoms with E-state index in [0.717, 1.165) is 56.1 Å². The number of nitrogens with zero attached hydrogens (tertiary/aromatic N) is 2. The molecule has 0 fully saturated rings. The third kappa shape index (κ3) is 3.07. The van der Waals surface area contributed by atoms with Crippen molar-refractivity contribution in [2.45, 2.75) is 31.6 Å². The monoisotopic (exact) mass is 630 g/mol. The first-order valence-electron chi connectivity index (χ1n) is 17.2.